The summed E-state index contributed by atoms with van der Waals surface area (Å²) in [6, 6.07) is 3.61. The third-order valence-electron chi connectivity index (χ3n) is 3.54. The Bertz CT molecular complexity index is 670. The monoisotopic (exact) mass is 337 g/mol. The second-order valence-corrected chi connectivity index (χ2v) is 5.62. The number of hydrogen-bond donors (Lipinski definition) is 0. The Morgan fingerprint density at radius 2 is 1.78 bits per heavy atom. The molecule has 1 aromatic heterocycles. The van der Waals surface area contributed by atoms with Crippen LogP contribution in [0, 0.1) is 6.92 Å². The second kappa shape index (κ2) is 7.82. The molecule has 1 aromatic carbocycles. The molecule has 0 amide bonds. The Hall–Kier alpha value is -2.28. The largest absolute Gasteiger partial charge is 0.496 e. The summed E-state index contributed by atoms with van der Waals surface area (Å²) in [5.41, 5.74) is 3.51. The molecule has 0 fully saturated rings. The van der Waals surface area contributed by atoms with Gasteiger partial charge in [0, 0.05) is 16.5 Å². The molecule has 23 heavy (non-hydrogen) atoms. The summed E-state index contributed by atoms with van der Waals surface area (Å²) in [6.45, 7) is 2.56. The molecule has 2 rings (SSSR count). The van der Waals surface area contributed by atoms with Gasteiger partial charge in [-0.3, -0.25) is 4.79 Å². The molecule has 0 radical (unpaired) electrons. The van der Waals surface area contributed by atoms with E-state index in [4.69, 9.17) is 18.9 Å². The van der Waals surface area contributed by atoms with E-state index in [1.54, 1.807) is 32.9 Å². The standard InChI is InChI=1S/C16H19NO5S/c1-10-16(23-8-17-10)12(7-22-9-18)11-5-14(20-3)15(21-4)6-13(11)19-2/h5-6,8-9,12H,7H2,1-4H3. The first-order valence-corrected chi connectivity index (χ1v) is 7.79. The zero-order valence-electron chi connectivity index (χ0n) is 13.5. The smallest absolute Gasteiger partial charge is 0.293 e. The minimum Gasteiger partial charge on any atom is -0.496 e. The van der Waals surface area contributed by atoms with Gasteiger partial charge in [-0.1, -0.05) is 0 Å². The molecular formula is C16H19NO5S. The van der Waals surface area contributed by atoms with Gasteiger partial charge in [0.25, 0.3) is 6.47 Å². The molecule has 1 atom stereocenters. The number of thiazole rings is 1. The van der Waals surface area contributed by atoms with E-state index >= 15 is 0 Å². The molecule has 0 spiro atoms. The van der Waals surface area contributed by atoms with Crippen molar-refractivity contribution in [2.45, 2.75) is 12.8 Å². The molecule has 2 aromatic rings. The van der Waals surface area contributed by atoms with E-state index in [1.807, 2.05) is 13.0 Å². The number of hydrogen-bond acceptors (Lipinski definition) is 7. The van der Waals surface area contributed by atoms with Crippen molar-refractivity contribution < 1.29 is 23.7 Å². The summed E-state index contributed by atoms with van der Waals surface area (Å²) >= 11 is 1.51. The Morgan fingerprint density at radius 1 is 1.13 bits per heavy atom. The molecule has 124 valence electrons. The summed E-state index contributed by atoms with van der Waals surface area (Å²) in [6.07, 6.45) is 0. The number of methoxy groups -OCH3 is 3. The van der Waals surface area contributed by atoms with Gasteiger partial charge in [0.05, 0.1) is 38.5 Å². The highest BCUT2D eigenvalue weighted by atomic mass is 32.1. The molecule has 1 unspecified atom stereocenters. The van der Waals surface area contributed by atoms with Crippen molar-refractivity contribution in [2.75, 3.05) is 27.9 Å². The number of nitrogens with zero attached hydrogens (tertiary/aromatic N) is 1. The van der Waals surface area contributed by atoms with Crippen LogP contribution in [0.1, 0.15) is 22.1 Å². The quantitative estimate of drug-likeness (QED) is 0.690. The summed E-state index contributed by atoms with van der Waals surface area (Å²) < 4.78 is 21.2. The van der Waals surface area contributed by atoms with Crippen LogP contribution in [0.25, 0.3) is 0 Å². The zero-order valence-corrected chi connectivity index (χ0v) is 14.3. The van der Waals surface area contributed by atoms with Crippen molar-refractivity contribution >= 4 is 17.8 Å². The maximum absolute atomic E-state index is 10.7. The van der Waals surface area contributed by atoms with Gasteiger partial charge in [-0.25, -0.2) is 4.98 Å². The van der Waals surface area contributed by atoms with Crippen molar-refractivity contribution in [3.63, 3.8) is 0 Å². The molecule has 0 aliphatic rings. The van der Waals surface area contributed by atoms with Gasteiger partial charge < -0.3 is 18.9 Å². The van der Waals surface area contributed by atoms with Crippen LogP contribution in [0.3, 0.4) is 0 Å². The average molecular weight is 337 g/mol. The Labute approximate surface area is 139 Å². The predicted octanol–water partition coefficient (Wildman–Crippen LogP) is 2.78. The first-order valence-electron chi connectivity index (χ1n) is 6.91. The first kappa shape index (κ1) is 17.1. The lowest BCUT2D eigenvalue weighted by Crippen LogP contribution is -2.11. The minimum atomic E-state index is -0.192. The van der Waals surface area contributed by atoms with Crippen LogP contribution in [-0.4, -0.2) is 39.4 Å². The number of carbonyl (C=O) groups excluding carboxylic acids is 1. The topological polar surface area (TPSA) is 66.9 Å². The second-order valence-electron chi connectivity index (χ2n) is 4.73. The van der Waals surface area contributed by atoms with Crippen LogP contribution in [0.2, 0.25) is 0 Å². The first-order chi connectivity index (χ1) is 11.2. The van der Waals surface area contributed by atoms with Crippen molar-refractivity contribution in [1.82, 2.24) is 4.98 Å². The Balaban J connectivity index is 2.57. The van der Waals surface area contributed by atoms with Gasteiger partial charge in [-0.05, 0) is 13.0 Å². The van der Waals surface area contributed by atoms with Crippen LogP contribution >= 0.6 is 11.3 Å². The highest BCUT2D eigenvalue weighted by Crippen LogP contribution is 2.41. The highest BCUT2D eigenvalue weighted by Gasteiger charge is 2.25. The van der Waals surface area contributed by atoms with E-state index in [2.05, 4.69) is 4.98 Å². The Kier molecular flexibility index (Phi) is 5.81. The van der Waals surface area contributed by atoms with Crippen LogP contribution < -0.4 is 14.2 Å². The van der Waals surface area contributed by atoms with E-state index in [1.165, 1.54) is 11.3 Å². The number of carbonyl (C=O) groups is 1. The van der Waals surface area contributed by atoms with Crippen LogP contribution in [0.5, 0.6) is 17.2 Å². The van der Waals surface area contributed by atoms with Crippen molar-refractivity contribution in [3.05, 3.63) is 33.8 Å². The molecule has 0 saturated heterocycles. The maximum atomic E-state index is 10.7. The third kappa shape index (κ3) is 3.56. The summed E-state index contributed by atoms with van der Waals surface area (Å²) in [5, 5.41) is 0. The van der Waals surface area contributed by atoms with E-state index in [0.29, 0.717) is 23.7 Å². The molecule has 6 nitrogen and oxygen atoms in total. The van der Waals surface area contributed by atoms with Crippen molar-refractivity contribution in [1.29, 1.82) is 0 Å². The van der Waals surface area contributed by atoms with Crippen molar-refractivity contribution in [2.24, 2.45) is 0 Å². The van der Waals surface area contributed by atoms with Crippen LogP contribution in [0.4, 0.5) is 0 Å². The van der Waals surface area contributed by atoms with E-state index < -0.39 is 0 Å². The van der Waals surface area contributed by atoms with Gasteiger partial charge in [0.2, 0.25) is 0 Å². The van der Waals surface area contributed by atoms with E-state index in [0.717, 1.165) is 16.1 Å². The minimum absolute atomic E-state index is 0.192. The number of aryl methyl sites for hydroxylation is 1. The van der Waals surface area contributed by atoms with Crippen LogP contribution in [-0.2, 0) is 9.53 Å². The summed E-state index contributed by atoms with van der Waals surface area (Å²) in [5.74, 6) is 1.60. The number of ether oxygens (including phenoxy) is 4. The van der Waals surface area contributed by atoms with E-state index in [-0.39, 0.29) is 12.5 Å². The lowest BCUT2D eigenvalue weighted by atomic mass is 9.95. The SMILES string of the molecule is COc1cc(OC)c(C(COC=O)c2scnc2C)cc1OC. The molecular weight excluding hydrogens is 318 g/mol. The predicted molar refractivity (Wildman–Crippen MR) is 86.8 cm³/mol. The highest BCUT2D eigenvalue weighted by molar-refractivity contribution is 7.09. The number of rotatable bonds is 8. The molecule has 0 saturated carbocycles. The molecule has 0 N–H and O–H groups in total. The maximum Gasteiger partial charge on any atom is 0.293 e. The average Bonchev–Trinajstić information content (AvgIpc) is 3.00. The number of benzene rings is 1. The Morgan fingerprint density at radius 3 is 2.30 bits per heavy atom. The fourth-order valence-corrected chi connectivity index (χ4v) is 3.32. The van der Waals surface area contributed by atoms with Gasteiger partial charge >= 0.3 is 0 Å². The number of aromatic nitrogens is 1. The van der Waals surface area contributed by atoms with Gasteiger partial charge in [-0.2, -0.15) is 0 Å². The molecule has 0 bridgehead atoms. The lowest BCUT2D eigenvalue weighted by Gasteiger charge is -2.20. The van der Waals surface area contributed by atoms with Gasteiger partial charge in [0.15, 0.2) is 11.5 Å². The third-order valence-corrected chi connectivity index (χ3v) is 4.59. The van der Waals surface area contributed by atoms with Crippen LogP contribution in [0.15, 0.2) is 17.6 Å². The van der Waals surface area contributed by atoms with E-state index in [9.17, 15) is 4.79 Å². The van der Waals surface area contributed by atoms with Gasteiger partial charge in [-0.15, -0.1) is 11.3 Å². The zero-order chi connectivity index (χ0) is 16.8. The molecule has 1 heterocycles. The summed E-state index contributed by atoms with van der Waals surface area (Å²) in [4.78, 5) is 16.0. The normalized spacial score (nSPS) is 11.7. The van der Waals surface area contributed by atoms with Crippen molar-refractivity contribution in [3.8, 4) is 17.2 Å². The summed E-state index contributed by atoms with van der Waals surface area (Å²) in [7, 11) is 4.72. The van der Waals surface area contributed by atoms with Gasteiger partial charge in [0.1, 0.15) is 12.4 Å². The fraction of sp³-hybridized carbons (Fsp3) is 0.375. The molecule has 0 aliphatic heterocycles. The molecule has 7 heteroatoms. The molecule has 0 aliphatic carbocycles. The fourth-order valence-electron chi connectivity index (χ4n) is 2.41. The lowest BCUT2D eigenvalue weighted by molar-refractivity contribution is -0.128.